The number of hydrogen-bond donors (Lipinski definition) is 0. The SMILES string of the molecule is CCCC1C(=O)OC(C)(C)OC1=O. The Morgan fingerprint density at radius 3 is 2.08 bits per heavy atom. The van der Waals surface area contributed by atoms with Gasteiger partial charge in [0.05, 0.1) is 0 Å². The molecule has 0 aromatic rings. The summed E-state index contributed by atoms with van der Waals surface area (Å²) in [5, 5.41) is 0. The van der Waals surface area contributed by atoms with Crippen LogP contribution in [0.4, 0.5) is 0 Å². The maximum absolute atomic E-state index is 11.3. The van der Waals surface area contributed by atoms with Crippen molar-refractivity contribution in [1.82, 2.24) is 0 Å². The highest BCUT2D eigenvalue weighted by atomic mass is 16.7. The van der Waals surface area contributed by atoms with Gasteiger partial charge in [-0.1, -0.05) is 13.3 Å². The molecule has 0 radical (unpaired) electrons. The fourth-order valence-electron chi connectivity index (χ4n) is 1.27. The summed E-state index contributed by atoms with van der Waals surface area (Å²) < 4.78 is 9.85. The minimum absolute atomic E-state index is 0.469. The molecule has 1 fully saturated rings. The molecule has 1 aliphatic rings. The van der Waals surface area contributed by atoms with Crippen molar-refractivity contribution in [1.29, 1.82) is 0 Å². The summed E-state index contributed by atoms with van der Waals surface area (Å²) in [4.78, 5) is 22.6. The predicted molar refractivity (Wildman–Crippen MR) is 44.7 cm³/mol. The fraction of sp³-hybridized carbons (Fsp3) is 0.778. The zero-order valence-corrected chi connectivity index (χ0v) is 8.12. The summed E-state index contributed by atoms with van der Waals surface area (Å²) in [6, 6.07) is 0. The lowest BCUT2D eigenvalue weighted by Crippen LogP contribution is -2.46. The Kier molecular flexibility index (Phi) is 2.59. The molecular weight excluding hydrogens is 172 g/mol. The third-order valence-electron chi connectivity index (χ3n) is 1.84. The lowest BCUT2D eigenvalue weighted by molar-refractivity contribution is -0.240. The smallest absolute Gasteiger partial charge is 0.323 e. The molecule has 1 aliphatic heterocycles. The van der Waals surface area contributed by atoms with E-state index >= 15 is 0 Å². The second kappa shape index (κ2) is 3.36. The first-order valence-corrected chi connectivity index (χ1v) is 4.42. The highest BCUT2D eigenvalue weighted by Gasteiger charge is 2.42. The van der Waals surface area contributed by atoms with Gasteiger partial charge in [0.15, 0.2) is 5.92 Å². The van der Waals surface area contributed by atoms with Gasteiger partial charge < -0.3 is 9.47 Å². The molecule has 1 heterocycles. The largest absolute Gasteiger partial charge is 0.422 e. The molecule has 1 saturated heterocycles. The Balaban J connectivity index is 2.71. The molecule has 4 heteroatoms. The van der Waals surface area contributed by atoms with Gasteiger partial charge in [-0.05, 0) is 6.42 Å². The second-order valence-corrected chi connectivity index (χ2v) is 3.58. The van der Waals surface area contributed by atoms with E-state index in [4.69, 9.17) is 9.47 Å². The first kappa shape index (κ1) is 10.0. The lowest BCUT2D eigenvalue weighted by atomic mass is 10.0. The molecule has 0 N–H and O–H groups in total. The molecule has 13 heavy (non-hydrogen) atoms. The van der Waals surface area contributed by atoms with E-state index in [1.807, 2.05) is 6.92 Å². The standard InChI is InChI=1S/C9H14O4/c1-4-5-6-7(10)12-9(2,3)13-8(6)11/h6H,4-5H2,1-3H3. The van der Waals surface area contributed by atoms with Crippen LogP contribution in [0.3, 0.4) is 0 Å². The number of ether oxygens (including phenoxy) is 2. The molecule has 0 amide bonds. The Bertz CT molecular complexity index is 212. The molecular formula is C9H14O4. The van der Waals surface area contributed by atoms with Crippen LogP contribution in [-0.4, -0.2) is 17.7 Å². The van der Waals surface area contributed by atoms with E-state index in [1.165, 1.54) is 0 Å². The third kappa shape index (κ3) is 2.20. The average molecular weight is 186 g/mol. The van der Waals surface area contributed by atoms with Gasteiger partial charge in [0.25, 0.3) is 5.79 Å². The highest BCUT2D eigenvalue weighted by molar-refractivity contribution is 5.96. The van der Waals surface area contributed by atoms with E-state index in [9.17, 15) is 9.59 Å². The van der Waals surface area contributed by atoms with Crippen LogP contribution >= 0.6 is 0 Å². The summed E-state index contributed by atoms with van der Waals surface area (Å²) in [5.74, 6) is -2.76. The van der Waals surface area contributed by atoms with Gasteiger partial charge in [0.1, 0.15) is 0 Å². The monoisotopic (exact) mass is 186 g/mol. The maximum atomic E-state index is 11.3. The van der Waals surface area contributed by atoms with Crippen LogP contribution in [0.1, 0.15) is 33.6 Å². The summed E-state index contributed by atoms with van der Waals surface area (Å²) in [6.45, 7) is 5.00. The van der Waals surface area contributed by atoms with Crippen molar-refractivity contribution in [3.05, 3.63) is 0 Å². The van der Waals surface area contributed by atoms with Gasteiger partial charge in [-0.2, -0.15) is 0 Å². The summed E-state index contributed by atoms with van der Waals surface area (Å²) in [5.41, 5.74) is 0. The van der Waals surface area contributed by atoms with Crippen LogP contribution < -0.4 is 0 Å². The quantitative estimate of drug-likeness (QED) is 0.481. The van der Waals surface area contributed by atoms with Gasteiger partial charge in [-0.15, -0.1) is 0 Å². The fourth-order valence-corrected chi connectivity index (χ4v) is 1.27. The predicted octanol–water partition coefficient (Wildman–Crippen LogP) is 1.24. The molecule has 0 aromatic heterocycles. The van der Waals surface area contributed by atoms with Gasteiger partial charge >= 0.3 is 11.9 Å². The minimum Gasteiger partial charge on any atom is -0.422 e. The highest BCUT2D eigenvalue weighted by Crippen LogP contribution is 2.25. The van der Waals surface area contributed by atoms with E-state index in [-0.39, 0.29) is 0 Å². The zero-order chi connectivity index (χ0) is 10.1. The van der Waals surface area contributed by atoms with Crippen LogP contribution in [0.5, 0.6) is 0 Å². The number of carbonyl (C=O) groups excluding carboxylic acids is 2. The molecule has 0 unspecified atom stereocenters. The number of hydrogen-bond acceptors (Lipinski definition) is 4. The number of cyclic esters (lactones) is 2. The first-order chi connectivity index (χ1) is 5.96. The van der Waals surface area contributed by atoms with E-state index in [0.29, 0.717) is 6.42 Å². The molecule has 0 atom stereocenters. The van der Waals surface area contributed by atoms with Crippen molar-refractivity contribution in [3.8, 4) is 0 Å². The average Bonchev–Trinajstić information content (AvgIpc) is 1.94. The molecule has 4 nitrogen and oxygen atoms in total. The van der Waals surface area contributed by atoms with Gasteiger partial charge in [-0.25, -0.2) is 0 Å². The summed E-state index contributed by atoms with van der Waals surface area (Å²) in [6.07, 6.45) is 1.25. The topological polar surface area (TPSA) is 52.6 Å². The van der Waals surface area contributed by atoms with Crippen molar-refractivity contribution >= 4 is 11.9 Å². The Labute approximate surface area is 77.2 Å². The van der Waals surface area contributed by atoms with E-state index in [1.54, 1.807) is 13.8 Å². The molecule has 0 aliphatic carbocycles. The van der Waals surface area contributed by atoms with Crippen LogP contribution in [0, 0.1) is 5.92 Å². The van der Waals surface area contributed by atoms with Gasteiger partial charge in [0, 0.05) is 13.8 Å². The van der Waals surface area contributed by atoms with E-state index in [2.05, 4.69) is 0 Å². The molecule has 74 valence electrons. The number of carbonyl (C=O) groups is 2. The van der Waals surface area contributed by atoms with Gasteiger partial charge in [-0.3, -0.25) is 9.59 Å². The molecule has 0 bridgehead atoms. The summed E-state index contributed by atoms with van der Waals surface area (Å²) in [7, 11) is 0. The van der Waals surface area contributed by atoms with Crippen LogP contribution in [0.15, 0.2) is 0 Å². The van der Waals surface area contributed by atoms with Crippen LogP contribution in [0.25, 0.3) is 0 Å². The first-order valence-electron chi connectivity index (χ1n) is 4.42. The number of rotatable bonds is 2. The summed E-state index contributed by atoms with van der Waals surface area (Å²) >= 11 is 0. The van der Waals surface area contributed by atoms with Crippen molar-refractivity contribution < 1.29 is 19.1 Å². The Morgan fingerprint density at radius 1 is 1.23 bits per heavy atom. The number of esters is 2. The molecule has 0 aromatic carbocycles. The van der Waals surface area contributed by atoms with Gasteiger partial charge in [0.2, 0.25) is 0 Å². The lowest BCUT2D eigenvalue weighted by Gasteiger charge is -2.32. The van der Waals surface area contributed by atoms with E-state index in [0.717, 1.165) is 6.42 Å². The van der Waals surface area contributed by atoms with Crippen molar-refractivity contribution in [2.24, 2.45) is 5.92 Å². The van der Waals surface area contributed by atoms with Crippen molar-refractivity contribution in [2.45, 2.75) is 39.4 Å². The van der Waals surface area contributed by atoms with Crippen LogP contribution in [-0.2, 0) is 19.1 Å². The molecule has 1 rings (SSSR count). The zero-order valence-electron chi connectivity index (χ0n) is 8.12. The van der Waals surface area contributed by atoms with Crippen molar-refractivity contribution in [3.63, 3.8) is 0 Å². The molecule has 0 spiro atoms. The van der Waals surface area contributed by atoms with Crippen molar-refractivity contribution in [2.75, 3.05) is 0 Å². The Morgan fingerprint density at radius 2 is 1.69 bits per heavy atom. The molecule has 0 saturated carbocycles. The third-order valence-corrected chi connectivity index (χ3v) is 1.84. The van der Waals surface area contributed by atoms with E-state index < -0.39 is 23.6 Å². The minimum atomic E-state index is -1.10. The van der Waals surface area contributed by atoms with Crippen LogP contribution in [0.2, 0.25) is 0 Å². The normalized spacial score (nSPS) is 22.4. The second-order valence-electron chi connectivity index (χ2n) is 3.58. The maximum Gasteiger partial charge on any atom is 0.323 e. The Hall–Kier alpha value is -1.06.